The normalized spacial score (nSPS) is 11.7. The van der Waals surface area contributed by atoms with E-state index in [4.69, 9.17) is 15.4 Å². The van der Waals surface area contributed by atoms with Gasteiger partial charge >= 0.3 is 0 Å². The van der Waals surface area contributed by atoms with Gasteiger partial charge in [-0.1, -0.05) is 98.6 Å². The van der Waals surface area contributed by atoms with Crippen LogP contribution in [0.25, 0.3) is 0 Å². The summed E-state index contributed by atoms with van der Waals surface area (Å²) in [6, 6.07) is 31.4. The summed E-state index contributed by atoms with van der Waals surface area (Å²) in [4.78, 5) is 30.4. The molecule has 0 unspecified atom stereocenters. The average Bonchev–Trinajstić information content (AvgIpc) is 3.12. The molecule has 3 N–H and O–H groups in total. The molecule has 0 aliphatic rings. The fourth-order valence-corrected chi connectivity index (χ4v) is 5.82. The number of hydrogen-bond acceptors (Lipinski definition) is 9. The highest BCUT2D eigenvalue weighted by molar-refractivity contribution is 5.75. The summed E-state index contributed by atoms with van der Waals surface area (Å²) in [6.07, 6.45) is 3.74. The zero-order chi connectivity index (χ0) is 34.9. The fourth-order valence-electron chi connectivity index (χ4n) is 5.82. The van der Waals surface area contributed by atoms with Crippen LogP contribution in [0.5, 0.6) is 0 Å². The van der Waals surface area contributed by atoms with Crippen molar-refractivity contribution in [3.8, 4) is 0 Å². The van der Waals surface area contributed by atoms with Gasteiger partial charge in [-0.05, 0) is 36.2 Å². The standard InChI is InChI=1S/C39H61N7O3/c1-4-5-15-22-41-23-24-44(38-20-13-8-14-21-38)28-32-46(49-3)30-26-42(33-36-16-9-6-10-17-36)25-29-45(48-2)31-27-43(35-39(40)47)34-37-18-11-7-12-19-37/h6-14,16-21,41H,4-5,15,22-35H2,1-3H3,(H2,40,47). The Bertz CT molecular complexity index is 1240. The van der Waals surface area contributed by atoms with Gasteiger partial charge in [0.25, 0.3) is 0 Å². The number of benzene rings is 3. The summed E-state index contributed by atoms with van der Waals surface area (Å²) < 4.78 is 0. The van der Waals surface area contributed by atoms with E-state index in [9.17, 15) is 4.79 Å². The zero-order valence-electron chi connectivity index (χ0n) is 30.2. The van der Waals surface area contributed by atoms with Crippen molar-refractivity contribution in [1.82, 2.24) is 25.2 Å². The Labute approximate surface area is 295 Å². The van der Waals surface area contributed by atoms with Crippen molar-refractivity contribution < 1.29 is 14.5 Å². The van der Waals surface area contributed by atoms with Crippen molar-refractivity contribution in [3.05, 3.63) is 102 Å². The number of primary amides is 1. The third-order valence-corrected chi connectivity index (χ3v) is 8.65. The second-order valence-electron chi connectivity index (χ2n) is 12.4. The second-order valence-corrected chi connectivity index (χ2v) is 12.4. The van der Waals surface area contributed by atoms with Crippen molar-refractivity contribution >= 4 is 11.6 Å². The lowest BCUT2D eigenvalue weighted by Gasteiger charge is -2.31. The van der Waals surface area contributed by atoms with E-state index in [1.165, 1.54) is 30.5 Å². The van der Waals surface area contributed by atoms with E-state index < -0.39 is 0 Å². The maximum atomic E-state index is 11.8. The van der Waals surface area contributed by atoms with E-state index in [0.717, 1.165) is 71.0 Å². The van der Waals surface area contributed by atoms with Gasteiger partial charge in [0.15, 0.2) is 0 Å². The Balaban J connectivity index is 1.55. The molecule has 10 nitrogen and oxygen atoms in total. The molecule has 0 saturated carbocycles. The van der Waals surface area contributed by atoms with Crippen molar-refractivity contribution in [3.63, 3.8) is 0 Å². The van der Waals surface area contributed by atoms with Crippen LogP contribution in [0.15, 0.2) is 91.0 Å². The molecule has 1 amide bonds. The van der Waals surface area contributed by atoms with E-state index in [2.05, 4.69) is 105 Å². The lowest BCUT2D eigenvalue weighted by Crippen LogP contribution is -2.43. The molecule has 270 valence electrons. The quantitative estimate of drug-likeness (QED) is 0.0854. The molecule has 0 radical (unpaired) electrons. The molecule has 49 heavy (non-hydrogen) atoms. The highest BCUT2D eigenvalue weighted by Gasteiger charge is 2.16. The lowest BCUT2D eigenvalue weighted by molar-refractivity contribution is -0.143. The van der Waals surface area contributed by atoms with Gasteiger partial charge < -0.3 is 25.6 Å². The van der Waals surface area contributed by atoms with Gasteiger partial charge in [0.1, 0.15) is 0 Å². The van der Waals surface area contributed by atoms with Crippen molar-refractivity contribution in [2.75, 3.05) is 97.7 Å². The number of rotatable bonds is 28. The lowest BCUT2D eigenvalue weighted by atomic mass is 10.2. The molecule has 3 rings (SSSR count). The topological polar surface area (TPSA) is 89.8 Å². The number of nitrogens with one attached hydrogen (secondary N) is 1. The van der Waals surface area contributed by atoms with Crippen LogP contribution in [0.1, 0.15) is 37.3 Å². The number of nitrogens with two attached hydrogens (primary N) is 1. The summed E-state index contributed by atoms with van der Waals surface area (Å²) in [7, 11) is 3.48. The SMILES string of the molecule is CCCCCNCCN(CCN(CCN(CCN(CCN(CC(N)=O)Cc1ccccc1)OC)Cc1ccccc1)OC)c1ccccc1. The Kier molecular flexibility index (Phi) is 20.2. The monoisotopic (exact) mass is 675 g/mol. The summed E-state index contributed by atoms with van der Waals surface area (Å²) in [5, 5.41) is 7.66. The van der Waals surface area contributed by atoms with Crippen molar-refractivity contribution in [1.29, 1.82) is 0 Å². The van der Waals surface area contributed by atoms with Gasteiger partial charge in [-0.15, -0.1) is 0 Å². The highest BCUT2D eigenvalue weighted by atomic mass is 16.7. The largest absolute Gasteiger partial charge is 0.369 e. The third kappa shape index (κ3) is 17.2. The zero-order valence-corrected chi connectivity index (χ0v) is 30.2. The number of nitrogens with zero attached hydrogens (tertiary/aromatic N) is 5. The number of hydroxylamine groups is 4. The maximum absolute atomic E-state index is 11.8. The first-order valence-corrected chi connectivity index (χ1v) is 17.9. The second kappa shape index (κ2) is 24.7. The van der Waals surface area contributed by atoms with Crippen molar-refractivity contribution in [2.24, 2.45) is 5.73 Å². The van der Waals surface area contributed by atoms with Gasteiger partial charge in [0, 0.05) is 84.2 Å². The Morgan fingerprint density at radius 3 is 1.61 bits per heavy atom. The number of carbonyl (C=O) groups is 1. The maximum Gasteiger partial charge on any atom is 0.231 e. The highest BCUT2D eigenvalue weighted by Crippen LogP contribution is 2.13. The van der Waals surface area contributed by atoms with E-state index in [1.807, 2.05) is 23.3 Å². The fraction of sp³-hybridized carbons (Fsp3) is 0.513. The van der Waals surface area contributed by atoms with Crippen LogP contribution in [-0.4, -0.2) is 119 Å². The number of para-hydroxylation sites is 1. The first kappa shape index (κ1) is 40.1. The molecule has 0 bridgehead atoms. The first-order valence-electron chi connectivity index (χ1n) is 17.9. The van der Waals surface area contributed by atoms with Gasteiger partial charge in [-0.25, -0.2) is 0 Å². The number of hydrogen-bond donors (Lipinski definition) is 2. The van der Waals surface area contributed by atoms with Gasteiger partial charge in [-0.3, -0.25) is 14.6 Å². The molecule has 10 heteroatoms. The van der Waals surface area contributed by atoms with Crippen LogP contribution in [0.4, 0.5) is 5.69 Å². The van der Waals surface area contributed by atoms with Crippen LogP contribution >= 0.6 is 0 Å². The minimum absolute atomic E-state index is 0.205. The van der Waals surface area contributed by atoms with Crippen LogP contribution in [-0.2, 0) is 27.6 Å². The predicted octanol–water partition coefficient (Wildman–Crippen LogP) is 4.49. The Morgan fingerprint density at radius 2 is 1.10 bits per heavy atom. The molecule has 0 atom stereocenters. The molecule has 0 heterocycles. The summed E-state index contributed by atoms with van der Waals surface area (Å²) in [5.41, 5.74) is 9.24. The molecule has 3 aromatic rings. The summed E-state index contributed by atoms with van der Waals surface area (Å²) in [6.45, 7) is 13.0. The number of anilines is 1. The molecule has 0 spiro atoms. The van der Waals surface area contributed by atoms with Crippen LogP contribution in [0, 0.1) is 0 Å². The van der Waals surface area contributed by atoms with E-state index in [0.29, 0.717) is 19.6 Å². The molecular formula is C39H61N7O3. The van der Waals surface area contributed by atoms with Crippen molar-refractivity contribution in [2.45, 2.75) is 39.3 Å². The molecule has 0 fully saturated rings. The van der Waals surface area contributed by atoms with Gasteiger partial charge in [0.05, 0.1) is 20.8 Å². The Morgan fingerprint density at radius 1 is 0.612 bits per heavy atom. The number of amides is 1. The van der Waals surface area contributed by atoms with E-state index in [1.54, 1.807) is 14.2 Å². The summed E-state index contributed by atoms with van der Waals surface area (Å²) in [5.74, 6) is -0.331. The minimum Gasteiger partial charge on any atom is -0.369 e. The first-order chi connectivity index (χ1) is 24.0. The van der Waals surface area contributed by atoms with Crippen LogP contribution < -0.4 is 16.0 Å². The smallest absolute Gasteiger partial charge is 0.231 e. The average molecular weight is 676 g/mol. The molecular weight excluding hydrogens is 614 g/mol. The number of carbonyl (C=O) groups excluding carboxylic acids is 1. The van der Waals surface area contributed by atoms with Gasteiger partial charge in [0.2, 0.25) is 5.91 Å². The molecule has 0 aromatic heterocycles. The third-order valence-electron chi connectivity index (χ3n) is 8.65. The van der Waals surface area contributed by atoms with Crippen LogP contribution in [0.2, 0.25) is 0 Å². The number of unbranched alkanes of at least 4 members (excludes halogenated alkanes) is 2. The van der Waals surface area contributed by atoms with Gasteiger partial charge in [-0.2, -0.15) is 10.1 Å². The molecule has 0 aliphatic heterocycles. The van der Waals surface area contributed by atoms with E-state index in [-0.39, 0.29) is 12.5 Å². The molecule has 3 aromatic carbocycles. The predicted molar refractivity (Wildman–Crippen MR) is 201 cm³/mol. The summed E-state index contributed by atoms with van der Waals surface area (Å²) >= 11 is 0. The minimum atomic E-state index is -0.331. The van der Waals surface area contributed by atoms with Crippen LogP contribution in [0.3, 0.4) is 0 Å². The Hall–Kier alpha value is -3.35. The molecule has 0 aliphatic carbocycles. The van der Waals surface area contributed by atoms with E-state index >= 15 is 0 Å². The molecule has 0 saturated heterocycles.